The number of hydroxylamine groups is 2. The Hall–Kier alpha value is -1.03. The molecule has 60 valence electrons. The molecule has 0 radical (unpaired) electrons. The summed E-state index contributed by atoms with van der Waals surface area (Å²) in [6, 6.07) is 0. The second-order valence-electron chi connectivity index (χ2n) is 2.56. The van der Waals surface area contributed by atoms with Crippen LogP contribution in [0, 0.1) is 0 Å². The number of carbonyl (C=O) groups excluding carboxylic acids is 1. The highest BCUT2D eigenvalue weighted by Crippen LogP contribution is 2.15. The maximum Gasteiger partial charge on any atom is 0.434 e. The van der Waals surface area contributed by atoms with Crippen molar-refractivity contribution in [1.29, 1.82) is 0 Å². The number of amides is 1. The fourth-order valence-corrected chi connectivity index (χ4v) is 1.18. The first-order chi connectivity index (χ1) is 5.36. The zero-order valence-electron chi connectivity index (χ0n) is 6.08. The minimum atomic E-state index is -0.367. The van der Waals surface area contributed by atoms with Crippen LogP contribution in [0.3, 0.4) is 0 Å². The van der Waals surface area contributed by atoms with Crippen molar-refractivity contribution in [3.63, 3.8) is 0 Å². The van der Waals surface area contributed by atoms with E-state index in [2.05, 4.69) is 0 Å². The molecule has 0 spiro atoms. The van der Waals surface area contributed by atoms with Crippen molar-refractivity contribution in [1.82, 2.24) is 5.06 Å². The van der Waals surface area contributed by atoms with Crippen LogP contribution in [0.15, 0.2) is 11.6 Å². The van der Waals surface area contributed by atoms with E-state index in [0.29, 0.717) is 19.8 Å². The Balaban J connectivity index is 2.19. The normalized spacial score (nSPS) is 23.8. The van der Waals surface area contributed by atoms with Crippen LogP contribution in [0.5, 0.6) is 0 Å². The van der Waals surface area contributed by atoms with E-state index in [1.165, 1.54) is 10.6 Å². The number of rotatable bonds is 0. The van der Waals surface area contributed by atoms with E-state index in [-0.39, 0.29) is 6.09 Å². The molecule has 1 amide bonds. The van der Waals surface area contributed by atoms with Crippen LogP contribution in [-0.2, 0) is 9.57 Å². The van der Waals surface area contributed by atoms with Crippen LogP contribution in [0.25, 0.3) is 0 Å². The first-order valence-corrected chi connectivity index (χ1v) is 3.61. The minimum Gasteiger partial charge on any atom is -0.448 e. The van der Waals surface area contributed by atoms with Gasteiger partial charge in [-0.05, 0) is 5.57 Å². The summed E-state index contributed by atoms with van der Waals surface area (Å²) >= 11 is 0. The molecule has 1 fully saturated rings. The van der Waals surface area contributed by atoms with Crippen LogP contribution < -0.4 is 0 Å². The monoisotopic (exact) mass is 155 g/mol. The van der Waals surface area contributed by atoms with Crippen molar-refractivity contribution in [2.75, 3.05) is 19.8 Å². The average Bonchev–Trinajstić information content (AvgIpc) is 2.14. The lowest BCUT2D eigenvalue weighted by Gasteiger charge is -2.21. The van der Waals surface area contributed by atoms with E-state index in [9.17, 15) is 4.79 Å². The average molecular weight is 155 g/mol. The first kappa shape index (κ1) is 6.67. The van der Waals surface area contributed by atoms with Crippen LogP contribution in [0.4, 0.5) is 4.79 Å². The molecule has 2 aliphatic rings. The van der Waals surface area contributed by atoms with Gasteiger partial charge in [0.1, 0.15) is 0 Å². The summed E-state index contributed by atoms with van der Waals surface area (Å²) in [7, 11) is 0. The molecule has 4 heteroatoms. The zero-order valence-corrected chi connectivity index (χ0v) is 6.08. The van der Waals surface area contributed by atoms with E-state index >= 15 is 0 Å². The van der Waals surface area contributed by atoms with E-state index in [1.807, 2.05) is 6.08 Å². The Labute approximate surface area is 64.3 Å². The number of hydrogen-bond acceptors (Lipinski definition) is 3. The van der Waals surface area contributed by atoms with Gasteiger partial charge in [0.15, 0.2) is 0 Å². The summed E-state index contributed by atoms with van der Waals surface area (Å²) in [4.78, 5) is 16.0. The first-order valence-electron chi connectivity index (χ1n) is 3.61. The number of carbonyl (C=O) groups is 1. The molecule has 1 saturated heterocycles. The molecule has 0 N–H and O–H groups in total. The third kappa shape index (κ3) is 1.21. The van der Waals surface area contributed by atoms with Gasteiger partial charge < -0.3 is 4.74 Å². The van der Waals surface area contributed by atoms with Gasteiger partial charge in [0.25, 0.3) is 0 Å². The van der Waals surface area contributed by atoms with Gasteiger partial charge in [-0.15, -0.1) is 0 Å². The SMILES string of the molecule is O=C1OCCC2=CCON1C2. The molecule has 0 aromatic carbocycles. The number of ether oxygens (including phenoxy) is 1. The Morgan fingerprint density at radius 2 is 2.45 bits per heavy atom. The van der Waals surface area contributed by atoms with Gasteiger partial charge in [0, 0.05) is 6.42 Å². The highest BCUT2D eigenvalue weighted by molar-refractivity contribution is 5.67. The molecule has 2 rings (SSSR count). The molecule has 0 aliphatic carbocycles. The Bertz CT molecular complexity index is 212. The molecule has 0 unspecified atom stereocenters. The zero-order chi connectivity index (χ0) is 7.68. The highest BCUT2D eigenvalue weighted by Gasteiger charge is 2.23. The molecule has 4 nitrogen and oxygen atoms in total. The molecular weight excluding hydrogens is 146 g/mol. The molecule has 0 aromatic rings. The van der Waals surface area contributed by atoms with Gasteiger partial charge in [0.05, 0.1) is 19.8 Å². The van der Waals surface area contributed by atoms with Crippen LogP contribution in [0.1, 0.15) is 6.42 Å². The number of cyclic esters (lactones) is 1. The smallest absolute Gasteiger partial charge is 0.434 e. The van der Waals surface area contributed by atoms with Crippen LogP contribution >= 0.6 is 0 Å². The van der Waals surface area contributed by atoms with Gasteiger partial charge in [-0.2, -0.15) is 5.06 Å². The molecule has 0 saturated carbocycles. The topological polar surface area (TPSA) is 38.8 Å². The number of fused-ring (bicyclic) bond motifs is 2. The van der Waals surface area contributed by atoms with E-state index in [0.717, 1.165) is 6.42 Å². The third-order valence-corrected chi connectivity index (χ3v) is 1.80. The second kappa shape index (κ2) is 2.54. The summed E-state index contributed by atoms with van der Waals surface area (Å²) in [5, 5.41) is 1.27. The molecule has 11 heavy (non-hydrogen) atoms. The summed E-state index contributed by atoms with van der Waals surface area (Å²) in [5.74, 6) is 0. The minimum absolute atomic E-state index is 0.367. The summed E-state index contributed by atoms with van der Waals surface area (Å²) in [6.07, 6.45) is 2.47. The van der Waals surface area contributed by atoms with Crippen LogP contribution in [0.2, 0.25) is 0 Å². The Kier molecular flexibility index (Phi) is 1.54. The van der Waals surface area contributed by atoms with Crippen LogP contribution in [-0.4, -0.2) is 30.9 Å². The van der Waals surface area contributed by atoms with E-state index in [4.69, 9.17) is 9.57 Å². The second-order valence-corrected chi connectivity index (χ2v) is 2.56. The molecule has 2 heterocycles. The van der Waals surface area contributed by atoms with Gasteiger partial charge in [-0.25, -0.2) is 4.79 Å². The molecular formula is C7H9NO3. The van der Waals surface area contributed by atoms with Crippen molar-refractivity contribution >= 4 is 6.09 Å². The summed E-state index contributed by atoms with van der Waals surface area (Å²) < 4.78 is 4.84. The Morgan fingerprint density at radius 1 is 1.55 bits per heavy atom. The summed E-state index contributed by atoms with van der Waals surface area (Å²) in [5.41, 5.74) is 1.22. The van der Waals surface area contributed by atoms with Gasteiger partial charge in [-0.1, -0.05) is 6.08 Å². The Morgan fingerprint density at radius 3 is 3.36 bits per heavy atom. The molecule has 0 aromatic heterocycles. The van der Waals surface area contributed by atoms with Crippen molar-refractivity contribution in [2.24, 2.45) is 0 Å². The lowest BCUT2D eigenvalue weighted by Crippen LogP contribution is -2.33. The predicted octanol–water partition coefficient (Wildman–Crippen LogP) is 0.700. The molecule has 0 atom stereocenters. The lowest BCUT2D eigenvalue weighted by molar-refractivity contribution is -0.121. The standard InChI is InChI=1S/C7H9NO3/c9-7-8-5-6(1-3-10-7)2-4-11-8/h2H,1,3-5H2. The van der Waals surface area contributed by atoms with E-state index in [1.54, 1.807) is 0 Å². The van der Waals surface area contributed by atoms with Crippen molar-refractivity contribution in [3.05, 3.63) is 11.6 Å². The van der Waals surface area contributed by atoms with E-state index < -0.39 is 0 Å². The maximum atomic E-state index is 11.0. The van der Waals surface area contributed by atoms with Gasteiger partial charge >= 0.3 is 6.09 Å². The third-order valence-electron chi connectivity index (χ3n) is 1.80. The van der Waals surface area contributed by atoms with Crippen molar-refractivity contribution < 1.29 is 14.4 Å². The lowest BCUT2D eigenvalue weighted by atomic mass is 10.2. The van der Waals surface area contributed by atoms with Gasteiger partial charge in [-0.3, -0.25) is 4.84 Å². The maximum absolute atomic E-state index is 11.0. The number of nitrogens with zero attached hydrogens (tertiary/aromatic N) is 1. The predicted molar refractivity (Wildman–Crippen MR) is 36.7 cm³/mol. The van der Waals surface area contributed by atoms with Crippen molar-refractivity contribution in [3.8, 4) is 0 Å². The van der Waals surface area contributed by atoms with Crippen molar-refractivity contribution in [2.45, 2.75) is 6.42 Å². The van der Waals surface area contributed by atoms with Gasteiger partial charge in [0.2, 0.25) is 0 Å². The quantitative estimate of drug-likeness (QED) is 0.483. The number of hydrogen-bond donors (Lipinski definition) is 0. The highest BCUT2D eigenvalue weighted by atomic mass is 16.7. The fraction of sp³-hybridized carbons (Fsp3) is 0.571. The summed E-state index contributed by atoms with van der Waals surface area (Å²) in [6.45, 7) is 1.54. The largest absolute Gasteiger partial charge is 0.448 e. The molecule has 2 aliphatic heterocycles. The molecule has 2 bridgehead atoms. The fourth-order valence-electron chi connectivity index (χ4n) is 1.18.